The van der Waals surface area contributed by atoms with Crippen LogP contribution in [0.2, 0.25) is 0 Å². The van der Waals surface area contributed by atoms with Gasteiger partial charge in [0.25, 0.3) is 0 Å². The van der Waals surface area contributed by atoms with E-state index < -0.39 is 17.7 Å². The van der Waals surface area contributed by atoms with Crippen LogP contribution in [0.15, 0.2) is 28.7 Å². The van der Waals surface area contributed by atoms with Crippen LogP contribution in [0.1, 0.15) is 32.8 Å². The Morgan fingerprint density at radius 3 is 2.45 bits per heavy atom. The second-order valence-corrected chi connectivity index (χ2v) is 6.77. The highest BCUT2D eigenvalue weighted by molar-refractivity contribution is 9.10. The molecule has 1 aromatic rings. The first-order chi connectivity index (χ1) is 10.2. The predicted molar refractivity (Wildman–Crippen MR) is 87.6 cm³/mol. The zero-order valence-corrected chi connectivity index (χ0v) is 14.9. The summed E-state index contributed by atoms with van der Waals surface area (Å²) in [6, 6.07) is 7.26. The molecule has 0 unspecified atom stereocenters. The van der Waals surface area contributed by atoms with Crippen molar-refractivity contribution in [1.82, 2.24) is 5.32 Å². The molecular formula is C16H22BrNO4. The average molecular weight is 372 g/mol. The Morgan fingerprint density at radius 2 is 1.91 bits per heavy atom. The maximum atomic E-state index is 11.9. The molecule has 0 bridgehead atoms. The van der Waals surface area contributed by atoms with E-state index in [1.54, 1.807) is 20.8 Å². The number of carbonyl (C=O) groups excluding carboxylic acids is 2. The van der Waals surface area contributed by atoms with Gasteiger partial charge < -0.3 is 14.8 Å². The molecule has 6 heteroatoms. The second-order valence-electron chi connectivity index (χ2n) is 5.92. The molecule has 1 amide bonds. The summed E-state index contributed by atoms with van der Waals surface area (Å²) in [4.78, 5) is 23.5. The quantitative estimate of drug-likeness (QED) is 0.805. The van der Waals surface area contributed by atoms with Gasteiger partial charge in [0.05, 0.1) is 13.5 Å². The van der Waals surface area contributed by atoms with E-state index in [1.165, 1.54) is 7.11 Å². The maximum Gasteiger partial charge on any atom is 0.407 e. The highest BCUT2D eigenvalue weighted by Gasteiger charge is 2.22. The van der Waals surface area contributed by atoms with E-state index in [0.717, 1.165) is 10.0 Å². The van der Waals surface area contributed by atoms with Crippen molar-refractivity contribution in [3.63, 3.8) is 0 Å². The van der Waals surface area contributed by atoms with Crippen LogP contribution >= 0.6 is 15.9 Å². The number of rotatable bonds is 5. The molecule has 0 heterocycles. The van der Waals surface area contributed by atoms with E-state index in [1.807, 2.05) is 24.3 Å². The van der Waals surface area contributed by atoms with Gasteiger partial charge in [0.1, 0.15) is 5.60 Å². The third-order valence-corrected chi connectivity index (χ3v) is 3.56. The third-order valence-electron chi connectivity index (χ3n) is 2.79. The van der Waals surface area contributed by atoms with Crippen molar-refractivity contribution >= 4 is 28.0 Å². The number of halogens is 1. The third kappa shape index (κ3) is 6.93. The van der Waals surface area contributed by atoms with Crippen molar-refractivity contribution in [1.29, 1.82) is 0 Å². The number of esters is 1. The van der Waals surface area contributed by atoms with Gasteiger partial charge in [0.2, 0.25) is 0 Å². The molecular weight excluding hydrogens is 350 g/mol. The summed E-state index contributed by atoms with van der Waals surface area (Å²) in [6.45, 7) is 5.36. The molecule has 0 spiro atoms. The zero-order valence-electron chi connectivity index (χ0n) is 13.3. The van der Waals surface area contributed by atoms with Gasteiger partial charge >= 0.3 is 12.1 Å². The normalized spacial score (nSPS) is 12.4. The number of alkyl carbamates (subject to hydrolysis) is 1. The fourth-order valence-corrected chi connectivity index (χ4v) is 2.31. The molecule has 0 aliphatic heterocycles. The minimum Gasteiger partial charge on any atom is -0.469 e. The van der Waals surface area contributed by atoms with Gasteiger partial charge in [-0.1, -0.05) is 34.1 Å². The molecule has 1 atom stereocenters. The molecule has 0 aliphatic rings. The van der Waals surface area contributed by atoms with Gasteiger partial charge in [0, 0.05) is 10.5 Å². The van der Waals surface area contributed by atoms with Crippen LogP contribution in [0.5, 0.6) is 0 Å². The predicted octanol–water partition coefficient (Wildman–Crippen LogP) is 3.45. The number of carbonyl (C=O) groups is 2. The Labute approximate surface area is 139 Å². The monoisotopic (exact) mass is 371 g/mol. The molecule has 0 aliphatic carbocycles. The van der Waals surface area contributed by atoms with E-state index in [9.17, 15) is 9.59 Å². The molecule has 0 aromatic heterocycles. The van der Waals surface area contributed by atoms with Crippen molar-refractivity contribution in [2.24, 2.45) is 0 Å². The van der Waals surface area contributed by atoms with Crippen LogP contribution in [0.4, 0.5) is 4.79 Å². The molecule has 0 saturated heterocycles. The van der Waals surface area contributed by atoms with Gasteiger partial charge in [-0.2, -0.15) is 0 Å². The minimum atomic E-state index is -0.590. The number of ether oxygens (including phenoxy) is 2. The number of nitrogens with one attached hydrogen (secondary N) is 1. The van der Waals surface area contributed by atoms with Crippen LogP contribution in [-0.4, -0.2) is 30.8 Å². The Hall–Kier alpha value is -1.56. The summed E-state index contributed by atoms with van der Waals surface area (Å²) < 4.78 is 10.9. The van der Waals surface area contributed by atoms with Crippen LogP contribution in [-0.2, 0) is 20.7 Å². The molecule has 22 heavy (non-hydrogen) atoms. The summed E-state index contributed by atoms with van der Waals surface area (Å²) in [5, 5.41) is 2.73. The first-order valence-electron chi connectivity index (χ1n) is 7.01. The van der Waals surface area contributed by atoms with E-state index in [-0.39, 0.29) is 12.4 Å². The van der Waals surface area contributed by atoms with Gasteiger partial charge in [-0.05, 0) is 38.8 Å². The standard InChI is InChI=1S/C16H22BrNO4/c1-16(2,3)22-15(20)18-12(10-14(19)21-4)9-11-7-5-6-8-13(11)17/h5-8,12H,9-10H2,1-4H3,(H,18,20)/t12-/m1/s1. The topological polar surface area (TPSA) is 64.6 Å². The van der Waals surface area contributed by atoms with E-state index >= 15 is 0 Å². The van der Waals surface area contributed by atoms with Gasteiger partial charge in [-0.25, -0.2) is 4.79 Å². The molecule has 1 aromatic carbocycles. The van der Waals surface area contributed by atoms with Crippen LogP contribution < -0.4 is 5.32 Å². The number of benzene rings is 1. The summed E-state index contributed by atoms with van der Waals surface area (Å²) in [6.07, 6.45) is 0.0285. The van der Waals surface area contributed by atoms with Crippen LogP contribution in [0, 0.1) is 0 Å². The molecule has 0 saturated carbocycles. The van der Waals surface area contributed by atoms with E-state index in [0.29, 0.717) is 6.42 Å². The molecule has 1 N–H and O–H groups in total. The lowest BCUT2D eigenvalue weighted by Gasteiger charge is -2.23. The molecule has 5 nitrogen and oxygen atoms in total. The van der Waals surface area contributed by atoms with E-state index in [2.05, 4.69) is 26.0 Å². The zero-order chi connectivity index (χ0) is 16.8. The molecule has 122 valence electrons. The SMILES string of the molecule is COC(=O)C[C@@H](Cc1ccccc1Br)NC(=O)OC(C)(C)C. The number of hydrogen-bond acceptors (Lipinski definition) is 4. The lowest BCUT2D eigenvalue weighted by molar-refractivity contribution is -0.141. The fraction of sp³-hybridized carbons (Fsp3) is 0.500. The van der Waals surface area contributed by atoms with Crippen molar-refractivity contribution < 1.29 is 19.1 Å². The number of amides is 1. The molecule has 1 rings (SSSR count). The lowest BCUT2D eigenvalue weighted by atomic mass is 10.0. The maximum absolute atomic E-state index is 11.9. The Morgan fingerprint density at radius 1 is 1.27 bits per heavy atom. The van der Waals surface area contributed by atoms with Crippen molar-refractivity contribution in [3.05, 3.63) is 34.3 Å². The summed E-state index contributed by atoms with van der Waals surface area (Å²) in [5.41, 5.74) is 0.403. The Balaban J connectivity index is 2.78. The van der Waals surface area contributed by atoms with Crippen molar-refractivity contribution in [2.45, 2.75) is 45.3 Å². The number of methoxy groups -OCH3 is 1. The smallest absolute Gasteiger partial charge is 0.407 e. The van der Waals surface area contributed by atoms with Crippen LogP contribution in [0.3, 0.4) is 0 Å². The second kappa shape index (κ2) is 8.17. The Bertz CT molecular complexity index is 525. The first kappa shape index (κ1) is 18.5. The van der Waals surface area contributed by atoms with Crippen molar-refractivity contribution in [2.75, 3.05) is 7.11 Å². The van der Waals surface area contributed by atoms with Gasteiger partial charge in [0.15, 0.2) is 0 Å². The van der Waals surface area contributed by atoms with E-state index in [4.69, 9.17) is 4.74 Å². The Kier molecular flexibility index (Phi) is 6.87. The van der Waals surface area contributed by atoms with Crippen LogP contribution in [0.25, 0.3) is 0 Å². The lowest BCUT2D eigenvalue weighted by Crippen LogP contribution is -2.41. The first-order valence-corrected chi connectivity index (χ1v) is 7.80. The minimum absolute atomic E-state index is 0.0804. The van der Waals surface area contributed by atoms with Gasteiger partial charge in [-0.15, -0.1) is 0 Å². The molecule has 0 radical (unpaired) electrons. The summed E-state index contributed by atoms with van der Waals surface area (Å²) >= 11 is 3.46. The highest BCUT2D eigenvalue weighted by Crippen LogP contribution is 2.19. The summed E-state index contributed by atoms with van der Waals surface area (Å²) in [5.74, 6) is -0.381. The largest absolute Gasteiger partial charge is 0.469 e. The fourth-order valence-electron chi connectivity index (χ4n) is 1.86. The average Bonchev–Trinajstić information content (AvgIpc) is 2.38. The van der Waals surface area contributed by atoms with Gasteiger partial charge in [-0.3, -0.25) is 4.79 Å². The highest BCUT2D eigenvalue weighted by atomic mass is 79.9. The number of hydrogen-bond donors (Lipinski definition) is 1. The molecule has 0 fully saturated rings. The summed E-state index contributed by atoms with van der Waals surface area (Å²) in [7, 11) is 1.32. The van der Waals surface area contributed by atoms with Crippen molar-refractivity contribution in [3.8, 4) is 0 Å².